The Morgan fingerprint density at radius 2 is 1.82 bits per heavy atom. The molecule has 1 N–H and O–H groups in total. The van der Waals surface area contributed by atoms with Crippen molar-refractivity contribution in [3.8, 4) is 0 Å². The molecule has 5 heteroatoms. The van der Waals surface area contributed by atoms with E-state index in [1.807, 2.05) is 13.0 Å². The number of halogens is 1. The second-order valence-corrected chi connectivity index (χ2v) is 6.80. The summed E-state index contributed by atoms with van der Waals surface area (Å²) >= 11 is 5.92. The lowest BCUT2D eigenvalue weighted by Gasteiger charge is -2.14. The number of nitrogens with one attached hydrogen (secondary N) is 1. The molecule has 0 aliphatic carbocycles. The van der Waals surface area contributed by atoms with Gasteiger partial charge in [0.2, 0.25) is 10.0 Å². The fraction of sp³-hybridized carbons (Fsp3) is 0.500. The molecule has 0 amide bonds. The summed E-state index contributed by atoms with van der Waals surface area (Å²) in [5, 5.41) is -0.0922. The van der Waals surface area contributed by atoms with Crippen LogP contribution in [0.1, 0.15) is 26.3 Å². The Morgan fingerprint density at radius 1 is 1.24 bits per heavy atom. The molecule has 0 saturated carbocycles. The van der Waals surface area contributed by atoms with Crippen LogP contribution in [0.3, 0.4) is 0 Å². The highest BCUT2D eigenvalue weighted by atomic mass is 35.5. The summed E-state index contributed by atoms with van der Waals surface area (Å²) < 4.78 is 26.8. The first kappa shape index (κ1) is 14.5. The third-order valence-electron chi connectivity index (χ3n) is 2.15. The average molecular weight is 276 g/mol. The number of hydrogen-bond acceptors (Lipinski definition) is 2. The zero-order chi connectivity index (χ0) is 13.1. The average Bonchev–Trinajstić information content (AvgIpc) is 2.15. The largest absolute Gasteiger partial charge is 0.241 e. The first-order valence-corrected chi connectivity index (χ1v) is 7.49. The van der Waals surface area contributed by atoms with E-state index in [9.17, 15) is 8.42 Å². The summed E-state index contributed by atoms with van der Waals surface area (Å²) in [5.41, 5.74) is 0.753. The van der Waals surface area contributed by atoms with Crippen molar-refractivity contribution in [1.29, 1.82) is 0 Å². The quantitative estimate of drug-likeness (QED) is 0.840. The van der Waals surface area contributed by atoms with E-state index in [-0.39, 0.29) is 11.4 Å². The molecule has 1 aromatic carbocycles. The molecule has 1 rings (SSSR count). The van der Waals surface area contributed by atoms with E-state index in [1.54, 1.807) is 32.0 Å². The first-order chi connectivity index (χ1) is 7.83. The van der Waals surface area contributed by atoms with E-state index >= 15 is 0 Å². The molecule has 0 aliphatic heterocycles. The van der Waals surface area contributed by atoms with Crippen LogP contribution >= 0.6 is 11.6 Å². The lowest BCUT2D eigenvalue weighted by molar-refractivity contribution is 0.568. The predicted octanol–water partition coefficient (Wildman–Crippen LogP) is 2.54. The molecule has 0 saturated heterocycles. The molecule has 0 spiro atoms. The van der Waals surface area contributed by atoms with Gasteiger partial charge in [0.15, 0.2) is 0 Å². The Bertz CT molecular complexity index is 469. The minimum atomic E-state index is -3.44. The van der Waals surface area contributed by atoms with Crippen LogP contribution in [0.5, 0.6) is 0 Å². The fourth-order valence-electron chi connectivity index (χ4n) is 1.61. The zero-order valence-electron chi connectivity index (χ0n) is 10.3. The molecule has 0 fully saturated rings. The second kappa shape index (κ2) is 5.85. The molecule has 0 heterocycles. The smallest absolute Gasteiger partial charge is 0.209 e. The SMILES string of the molecule is CC(Cl)Cc1ccccc1S(=O)(=O)NC(C)C. The van der Waals surface area contributed by atoms with Gasteiger partial charge in [-0.2, -0.15) is 0 Å². The molecule has 0 aliphatic rings. The van der Waals surface area contributed by atoms with Crippen molar-refractivity contribution in [2.24, 2.45) is 0 Å². The Kier molecular flexibility index (Phi) is 4.98. The van der Waals surface area contributed by atoms with Gasteiger partial charge < -0.3 is 0 Å². The standard InChI is InChI=1S/C12H18ClNO2S/c1-9(2)14-17(15,16)12-7-5-4-6-11(12)8-10(3)13/h4-7,9-10,14H,8H2,1-3H3. The van der Waals surface area contributed by atoms with Gasteiger partial charge in [0.1, 0.15) is 0 Å². The third-order valence-corrected chi connectivity index (χ3v) is 4.07. The van der Waals surface area contributed by atoms with Gasteiger partial charge in [-0.05, 0) is 38.8 Å². The van der Waals surface area contributed by atoms with Crippen LogP contribution < -0.4 is 4.72 Å². The van der Waals surface area contributed by atoms with Crippen molar-refractivity contribution in [3.05, 3.63) is 29.8 Å². The van der Waals surface area contributed by atoms with E-state index in [1.165, 1.54) is 0 Å². The Hall–Kier alpha value is -0.580. The second-order valence-electron chi connectivity index (χ2n) is 4.37. The normalized spacial score (nSPS) is 13.9. The molecule has 0 radical (unpaired) electrons. The van der Waals surface area contributed by atoms with Crippen molar-refractivity contribution in [3.63, 3.8) is 0 Å². The number of rotatable bonds is 5. The summed E-state index contributed by atoms with van der Waals surface area (Å²) in [6.07, 6.45) is 0.538. The van der Waals surface area contributed by atoms with E-state index in [4.69, 9.17) is 11.6 Å². The monoisotopic (exact) mass is 275 g/mol. The Balaban J connectivity index is 3.13. The Labute approximate surface area is 108 Å². The fourth-order valence-corrected chi connectivity index (χ4v) is 3.28. The van der Waals surface area contributed by atoms with Crippen molar-refractivity contribution in [2.45, 2.75) is 43.5 Å². The predicted molar refractivity (Wildman–Crippen MR) is 70.9 cm³/mol. The molecule has 0 aromatic heterocycles. The van der Waals surface area contributed by atoms with Gasteiger partial charge in [-0.3, -0.25) is 0 Å². The van der Waals surface area contributed by atoms with Crippen LogP contribution in [0.15, 0.2) is 29.2 Å². The number of hydrogen-bond donors (Lipinski definition) is 1. The molecule has 17 heavy (non-hydrogen) atoms. The molecular weight excluding hydrogens is 258 g/mol. The van der Waals surface area contributed by atoms with Crippen LogP contribution in [-0.2, 0) is 16.4 Å². The summed E-state index contributed by atoms with van der Waals surface area (Å²) in [5.74, 6) is 0. The van der Waals surface area contributed by atoms with Crippen molar-refractivity contribution < 1.29 is 8.42 Å². The van der Waals surface area contributed by atoms with E-state index < -0.39 is 10.0 Å². The minimum Gasteiger partial charge on any atom is -0.209 e. The van der Waals surface area contributed by atoms with Gasteiger partial charge in [-0.25, -0.2) is 13.1 Å². The Morgan fingerprint density at radius 3 is 2.35 bits per heavy atom. The maximum atomic E-state index is 12.1. The van der Waals surface area contributed by atoms with E-state index in [2.05, 4.69) is 4.72 Å². The molecule has 1 aromatic rings. The number of alkyl halides is 1. The maximum absolute atomic E-state index is 12.1. The molecule has 3 nitrogen and oxygen atoms in total. The number of sulfonamides is 1. The van der Waals surface area contributed by atoms with Crippen molar-refractivity contribution in [1.82, 2.24) is 4.72 Å². The number of benzene rings is 1. The zero-order valence-corrected chi connectivity index (χ0v) is 11.8. The first-order valence-electron chi connectivity index (χ1n) is 5.57. The molecule has 96 valence electrons. The summed E-state index contributed by atoms with van der Waals surface area (Å²) in [6, 6.07) is 6.83. The van der Waals surface area contributed by atoms with Crippen LogP contribution in [-0.4, -0.2) is 19.8 Å². The van der Waals surface area contributed by atoms with E-state index in [0.29, 0.717) is 11.3 Å². The minimum absolute atomic E-state index is 0.0922. The van der Waals surface area contributed by atoms with Gasteiger partial charge in [0.25, 0.3) is 0 Å². The highest BCUT2D eigenvalue weighted by molar-refractivity contribution is 7.89. The van der Waals surface area contributed by atoms with Crippen LogP contribution in [0.4, 0.5) is 0 Å². The van der Waals surface area contributed by atoms with Crippen LogP contribution in [0.2, 0.25) is 0 Å². The van der Waals surface area contributed by atoms with E-state index in [0.717, 1.165) is 5.56 Å². The van der Waals surface area contributed by atoms with Crippen molar-refractivity contribution in [2.75, 3.05) is 0 Å². The highest BCUT2D eigenvalue weighted by Gasteiger charge is 2.19. The summed E-state index contributed by atoms with van der Waals surface area (Å²) in [7, 11) is -3.44. The lowest BCUT2D eigenvalue weighted by atomic mass is 10.1. The van der Waals surface area contributed by atoms with Gasteiger partial charge >= 0.3 is 0 Å². The van der Waals surface area contributed by atoms with Gasteiger partial charge in [0.05, 0.1) is 4.90 Å². The molecule has 1 unspecified atom stereocenters. The third kappa shape index (κ3) is 4.30. The van der Waals surface area contributed by atoms with Crippen molar-refractivity contribution >= 4 is 21.6 Å². The van der Waals surface area contributed by atoms with Crippen LogP contribution in [0, 0.1) is 0 Å². The maximum Gasteiger partial charge on any atom is 0.241 e. The molecule has 1 atom stereocenters. The summed E-state index contributed by atoms with van der Waals surface area (Å²) in [4.78, 5) is 0.321. The lowest BCUT2D eigenvalue weighted by Crippen LogP contribution is -2.31. The topological polar surface area (TPSA) is 46.2 Å². The van der Waals surface area contributed by atoms with Gasteiger partial charge in [-0.15, -0.1) is 11.6 Å². The summed E-state index contributed by atoms with van der Waals surface area (Å²) in [6.45, 7) is 5.44. The highest BCUT2D eigenvalue weighted by Crippen LogP contribution is 2.18. The van der Waals surface area contributed by atoms with Gasteiger partial charge in [0, 0.05) is 11.4 Å². The van der Waals surface area contributed by atoms with Crippen LogP contribution in [0.25, 0.3) is 0 Å². The van der Waals surface area contributed by atoms with Gasteiger partial charge in [-0.1, -0.05) is 18.2 Å². The molecular formula is C12H18ClNO2S. The molecule has 0 bridgehead atoms.